The van der Waals surface area contributed by atoms with Crippen LogP contribution < -0.4 is 4.74 Å². The van der Waals surface area contributed by atoms with Crippen molar-refractivity contribution in [3.05, 3.63) is 44.6 Å². The highest BCUT2D eigenvalue weighted by Crippen LogP contribution is 2.27. The summed E-state index contributed by atoms with van der Waals surface area (Å²) < 4.78 is 17.9. The number of nitro groups is 1. The van der Waals surface area contributed by atoms with Crippen LogP contribution in [0.25, 0.3) is 10.4 Å². The minimum atomic E-state index is -0.716. The molecule has 0 aliphatic carbocycles. The first kappa shape index (κ1) is 12.7. The third-order valence-electron chi connectivity index (χ3n) is 1.84. The fourth-order valence-corrected chi connectivity index (χ4v) is 1.12. The van der Waals surface area contributed by atoms with E-state index in [1.54, 1.807) is 0 Å². The Bertz CT molecular complexity index is 460. The van der Waals surface area contributed by atoms with Crippen molar-refractivity contribution in [3.8, 4) is 5.75 Å². The molecule has 1 aromatic rings. The maximum atomic E-state index is 12.8. The first-order valence-corrected chi connectivity index (χ1v) is 4.72. The van der Waals surface area contributed by atoms with E-state index in [2.05, 4.69) is 10.0 Å². The zero-order valence-corrected chi connectivity index (χ0v) is 8.74. The van der Waals surface area contributed by atoms with Gasteiger partial charge in [-0.1, -0.05) is 5.11 Å². The molecule has 0 aromatic heterocycles. The first-order chi connectivity index (χ1) is 8.15. The molecule has 17 heavy (non-hydrogen) atoms. The van der Waals surface area contributed by atoms with Gasteiger partial charge in [0.05, 0.1) is 17.6 Å². The van der Waals surface area contributed by atoms with Gasteiger partial charge in [0.1, 0.15) is 5.82 Å². The number of nitrogens with zero attached hydrogens (tertiary/aromatic N) is 4. The molecule has 0 saturated carbocycles. The third kappa shape index (κ3) is 3.96. The summed E-state index contributed by atoms with van der Waals surface area (Å²) in [4.78, 5) is 12.4. The lowest BCUT2D eigenvalue weighted by Crippen LogP contribution is -2.02. The van der Waals surface area contributed by atoms with Crippen LogP contribution in [-0.2, 0) is 0 Å². The SMILES string of the molecule is [N-]=[N+]=NCCCOc1ccc(F)cc1[N+](=O)[O-]. The number of azide groups is 1. The van der Waals surface area contributed by atoms with Crippen LogP contribution in [0.1, 0.15) is 6.42 Å². The number of nitro benzene ring substituents is 1. The Kier molecular flexibility index (Phi) is 4.71. The molecular weight excluding hydrogens is 231 g/mol. The second kappa shape index (κ2) is 6.29. The maximum absolute atomic E-state index is 12.8. The van der Waals surface area contributed by atoms with E-state index >= 15 is 0 Å². The molecule has 0 N–H and O–H groups in total. The fourth-order valence-electron chi connectivity index (χ4n) is 1.12. The quantitative estimate of drug-likeness (QED) is 0.191. The van der Waals surface area contributed by atoms with Crippen molar-refractivity contribution in [1.29, 1.82) is 0 Å². The Morgan fingerprint density at radius 2 is 2.35 bits per heavy atom. The van der Waals surface area contributed by atoms with E-state index in [-0.39, 0.29) is 18.9 Å². The summed E-state index contributed by atoms with van der Waals surface area (Å²) in [5.74, 6) is -0.699. The van der Waals surface area contributed by atoms with Gasteiger partial charge in [0.25, 0.3) is 0 Å². The van der Waals surface area contributed by atoms with Crippen molar-refractivity contribution < 1.29 is 14.1 Å². The lowest BCUT2D eigenvalue weighted by Gasteiger charge is -2.05. The summed E-state index contributed by atoms with van der Waals surface area (Å²) in [5, 5.41) is 13.9. The largest absolute Gasteiger partial charge is 0.487 e. The zero-order chi connectivity index (χ0) is 12.7. The minimum Gasteiger partial charge on any atom is -0.487 e. The molecule has 8 heteroatoms. The molecule has 0 saturated heterocycles. The van der Waals surface area contributed by atoms with Crippen molar-refractivity contribution in [2.24, 2.45) is 5.11 Å². The molecule has 0 fully saturated rings. The van der Waals surface area contributed by atoms with Gasteiger partial charge in [0, 0.05) is 11.5 Å². The molecule has 0 bridgehead atoms. The normalized spacial score (nSPS) is 9.47. The topological polar surface area (TPSA) is 101 Å². The van der Waals surface area contributed by atoms with E-state index in [0.717, 1.165) is 12.1 Å². The van der Waals surface area contributed by atoms with Crippen LogP contribution in [0.5, 0.6) is 5.75 Å². The van der Waals surface area contributed by atoms with Crippen LogP contribution in [0.3, 0.4) is 0 Å². The maximum Gasteiger partial charge on any atom is 0.313 e. The number of hydrogen-bond donors (Lipinski definition) is 0. The van der Waals surface area contributed by atoms with Gasteiger partial charge >= 0.3 is 5.69 Å². The summed E-state index contributed by atoms with van der Waals surface area (Å²) in [7, 11) is 0. The van der Waals surface area contributed by atoms with Gasteiger partial charge < -0.3 is 4.74 Å². The predicted octanol–water partition coefficient (Wildman–Crippen LogP) is 2.81. The molecule has 0 aliphatic rings. The fraction of sp³-hybridized carbons (Fsp3) is 0.333. The molecule has 90 valence electrons. The van der Waals surface area contributed by atoms with Gasteiger partial charge in [-0.05, 0) is 24.1 Å². The lowest BCUT2D eigenvalue weighted by molar-refractivity contribution is -0.386. The molecule has 0 atom stereocenters. The number of halogens is 1. The molecule has 0 radical (unpaired) electrons. The van der Waals surface area contributed by atoms with Gasteiger partial charge in [-0.25, -0.2) is 4.39 Å². The van der Waals surface area contributed by atoms with E-state index in [0.29, 0.717) is 6.42 Å². The minimum absolute atomic E-state index is 0.00247. The molecule has 0 amide bonds. The van der Waals surface area contributed by atoms with E-state index in [4.69, 9.17) is 10.3 Å². The highest BCUT2D eigenvalue weighted by atomic mass is 19.1. The third-order valence-corrected chi connectivity index (χ3v) is 1.84. The molecule has 1 rings (SSSR count). The van der Waals surface area contributed by atoms with Crippen LogP contribution in [0.4, 0.5) is 10.1 Å². The summed E-state index contributed by atoms with van der Waals surface area (Å²) >= 11 is 0. The second-order valence-corrected chi connectivity index (χ2v) is 3.03. The predicted molar refractivity (Wildman–Crippen MR) is 57.2 cm³/mol. The number of benzene rings is 1. The lowest BCUT2D eigenvalue weighted by atomic mass is 10.3. The van der Waals surface area contributed by atoms with Crippen molar-refractivity contribution in [2.45, 2.75) is 6.42 Å². The van der Waals surface area contributed by atoms with Crippen LogP contribution in [-0.4, -0.2) is 18.1 Å². The van der Waals surface area contributed by atoms with E-state index in [1.165, 1.54) is 6.07 Å². The molecule has 1 aromatic carbocycles. The van der Waals surface area contributed by atoms with E-state index in [1.807, 2.05) is 0 Å². The molecule has 7 nitrogen and oxygen atoms in total. The average Bonchev–Trinajstić information content (AvgIpc) is 2.30. The molecule has 0 unspecified atom stereocenters. The number of hydrogen-bond acceptors (Lipinski definition) is 4. The molecule has 0 aliphatic heterocycles. The van der Waals surface area contributed by atoms with Crippen LogP contribution in [0.15, 0.2) is 23.3 Å². The Labute approximate surface area is 95.6 Å². The van der Waals surface area contributed by atoms with Gasteiger partial charge in [0.15, 0.2) is 5.75 Å². The molecule has 0 spiro atoms. The first-order valence-electron chi connectivity index (χ1n) is 4.72. The van der Waals surface area contributed by atoms with Gasteiger partial charge in [-0.2, -0.15) is 0 Å². The monoisotopic (exact) mass is 240 g/mol. The zero-order valence-electron chi connectivity index (χ0n) is 8.74. The van der Waals surface area contributed by atoms with E-state index < -0.39 is 16.4 Å². The number of ether oxygens (including phenoxy) is 1. The van der Waals surface area contributed by atoms with Crippen molar-refractivity contribution in [2.75, 3.05) is 13.2 Å². The smallest absolute Gasteiger partial charge is 0.313 e. The summed E-state index contributed by atoms with van der Waals surface area (Å²) in [6.45, 7) is 0.400. The van der Waals surface area contributed by atoms with Crippen LogP contribution in [0.2, 0.25) is 0 Å². The Hall–Kier alpha value is -2.34. The van der Waals surface area contributed by atoms with Crippen molar-refractivity contribution >= 4 is 5.69 Å². The summed E-state index contributed by atoms with van der Waals surface area (Å²) in [6.07, 6.45) is 0.429. The standard InChI is InChI=1S/C9H9FN4O3/c10-7-2-3-9(8(6-7)14(15)16)17-5-1-4-12-13-11/h2-3,6H,1,4-5H2. The van der Waals surface area contributed by atoms with Crippen molar-refractivity contribution in [1.82, 2.24) is 0 Å². The molecule has 0 heterocycles. The van der Waals surface area contributed by atoms with Gasteiger partial charge in [-0.3, -0.25) is 10.1 Å². The van der Waals surface area contributed by atoms with Gasteiger partial charge in [0.2, 0.25) is 0 Å². The Morgan fingerprint density at radius 3 is 3.00 bits per heavy atom. The van der Waals surface area contributed by atoms with Crippen LogP contribution in [0, 0.1) is 15.9 Å². The highest BCUT2D eigenvalue weighted by molar-refractivity contribution is 5.46. The van der Waals surface area contributed by atoms with Crippen molar-refractivity contribution in [3.63, 3.8) is 0 Å². The average molecular weight is 240 g/mol. The molecular formula is C9H9FN4O3. The Balaban J connectivity index is 2.64. The van der Waals surface area contributed by atoms with Crippen LogP contribution >= 0.6 is 0 Å². The second-order valence-electron chi connectivity index (χ2n) is 3.03. The number of rotatable bonds is 6. The summed E-state index contributed by atoms with van der Waals surface area (Å²) in [5.41, 5.74) is 7.59. The Morgan fingerprint density at radius 1 is 1.59 bits per heavy atom. The summed E-state index contributed by atoms with van der Waals surface area (Å²) in [6, 6.07) is 3.07. The van der Waals surface area contributed by atoms with E-state index in [9.17, 15) is 14.5 Å². The highest BCUT2D eigenvalue weighted by Gasteiger charge is 2.15. The van der Waals surface area contributed by atoms with Gasteiger partial charge in [-0.15, -0.1) is 0 Å².